The van der Waals surface area contributed by atoms with Crippen LogP contribution in [-0.2, 0) is 11.2 Å². The maximum atomic E-state index is 11.7. The molecule has 3 rings (SSSR count). The summed E-state index contributed by atoms with van der Waals surface area (Å²) in [5.41, 5.74) is 1.18. The van der Waals surface area contributed by atoms with Gasteiger partial charge in [-0.2, -0.15) is 0 Å². The monoisotopic (exact) mass is 262 g/mol. The van der Waals surface area contributed by atoms with Gasteiger partial charge in [0.1, 0.15) is 13.2 Å². The highest BCUT2D eigenvalue weighted by molar-refractivity contribution is 5.79. The first-order chi connectivity index (χ1) is 9.33. The Labute approximate surface area is 112 Å². The fourth-order valence-corrected chi connectivity index (χ4v) is 2.39. The summed E-state index contributed by atoms with van der Waals surface area (Å²) < 4.78 is 11.1. The molecule has 1 saturated heterocycles. The van der Waals surface area contributed by atoms with Crippen molar-refractivity contribution in [2.75, 3.05) is 39.4 Å². The Kier molecular flexibility index (Phi) is 3.55. The number of rotatable bonds is 3. The number of carbonyl (C=O) groups excluding carboxylic acids is 1. The Bertz CT molecular complexity index is 476. The number of fused-ring (bicyclic) bond motifs is 1. The van der Waals surface area contributed by atoms with Crippen LogP contribution < -0.4 is 14.8 Å². The summed E-state index contributed by atoms with van der Waals surface area (Å²) in [6.45, 7) is 4.12. The lowest BCUT2D eigenvalue weighted by Crippen LogP contribution is -2.48. The van der Waals surface area contributed by atoms with Gasteiger partial charge >= 0.3 is 0 Å². The summed E-state index contributed by atoms with van der Waals surface area (Å²) >= 11 is 0. The van der Waals surface area contributed by atoms with Gasteiger partial charge in [-0.3, -0.25) is 4.79 Å². The number of benzene rings is 1. The minimum absolute atomic E-state index is 0.184. The Morgan fingerprint density at radius 2 is 2.05 bits per heavy atom. The molecule has 1 aromatic rings. The molecule has 1 N–H and O–H groups in total. The highest BCUT2D eigenvalue weighted by atomic mass is 16.6. The lowest BCUT2D eigenvalue weighted by molar-refractivity contribution is -0.131. The molecule has 5 nitrogen and oxygen atoms in total. The van der Waals surface area contributed by atoms with E-state index in [0.717, 1.165) is 37.6 Å². The predicted molar refractivity (Wildman–Crippen MR) is 70.6 cm³/mol. The van der Waals surface area contributed by atoms with Gasteiger partial charge in [-0.25, -0.2) is 0 Å². The second-order valence-corrected chi connectivity index (χ2v) is 4.79. The SMILES string of the molecule is O=C1CNCCN1CCc1ccc2c(c1)OCCO2. The summed E-state index contributed by atoms with van der Waals surface area (Å²) in [6, 6.07) is 6.00. The Morgan fingerprint density at radius 1 is 1.21 bits per heavy atom. The van der Waals surface area contributed by atoms with Crippen LogP contribution in [-0.4, -0.2) is 50.2 Å². The third-order valence-corrected chi connectivity index (χ3v) is 3.46. The lowest BCUT2D eigenvalue weighted by atomic mass is 10.1. The van der Waals surface area contributed by atoms with Crippen molar-refractivity contribution in [2.45, 2.75) is 6.42 Å². The van der Waals surface area contributed by atoms with Gasteiger partial charge in [0.2, 0.25) is 5.91 Å². The zero-order valence-corrected chi connectivity index (χ0v) is 10.9. The van der Waals surface area contributed by atoms with Gasteiger partial charge in [0.05, 0.1) is 6.54 Å². The molecule has 1 aromatic carbocycles. The van der Waals surface area contributed by atoms with Crippen molar-refractivity contribution in [3.63, 3.8) is 0 Å². The number of carbonyl (C=O) groups is 1. The van der Waals surface area contributed by atoms with Crippen molar-refractivity contribution in [2.24, 2.45) is 0 Å². The average Bonchev–Trinajstić information content (AvgIpc) is 2.46. The number of nitrogens with one attached hydrogen (secondary N) is 1. The lowest BCUT2D eigenvalue weighted by Gasteiger charge is -2.27. The molecule has 2 heterocycles. The van der Waals surface area contributed by atoms with Crippen molar-refractivity contribution in [3.05, 3.63) is 23.8 Å². The molecule has 1 amide bonds. The third kappa shape index (κ3) is 2.81. The van der Waals surface area contributed by atoms with Gasteiger partial charge in [-0.05, 0) is 24.1 Å². The van der Waals surface area contributed by atoms with E-state index in [1.165, 1.54) is 5.56 Å². The molecular formula is C14H18N2O3. The molecule has 0 radical (unpaired) electrons. The number of hydrogen-bond donors (Lipinski definition) is 1. The Hall–Kier alpha value is -1.75. The van der Waals surface area contributed by atoms with E-state index in [0.29, 0.717) is 19.8 Å². The highest BCUT2D eigenvalue weighted by Gasteiger charge is 2.17. The molecule has 2 aliphatic heterocycles. The summed E-state index contributed by atoms with van der Waals surface area (Å²) in [6.07, 6.45) is 0.850. The fourth-order valence-electron chi connectivity index (χ4n) is 2.39. The minimum atomic E-state index is 0.184. The van der Waals surface area contributed by atoms with Crippen molar-refractivity contribution >= 4 is 5.91 Å². The molecule has 0 atom stereocenters. The summed E-state index contributed by atoms with van der Waals surface area (Å²) in [4.78, 5) is 13.6. The van der Waals surface area contributed by atoms with Crippen LogP contribution in [0.2, 0.25) is 0 Å². The molecule has 0 aliphatic carbocycles. The van der Waals surface area contributed by atoms with E-state index < -0.39 is 0 Å². The van der Waals surface area contributed by atoms with Crippen LogP contribution in [0.15, 0.2) is 18.2 Å². The van der Waals surface area contributed by atoms with Gasteiger partial charge < -0.3 is 19.7 Å². The summed E-state index contributed by atoms with van der Waals surface area (Å²) in [5.74, 6) is 1.81. The molecule has 102 valence electrons. The van der Waals surface area contributed by atoms with E-state index in [1.807, 2.05) is 23.1 Å². The van der Waals surface area contributed by atoms with E-state index in [1.54, 1.807) is 0 Å². The van der Waals surface area contributed by atoms with E-state index in [9.17, 15) is 4.79 Å². The molecule has 1 fully saturated rings. The molecule has 0 saturated carbocycles. The number of ether oxygens (including phenoxy) is 2. The van der Waals surface area contributed by atoms with Gasteiger partial charge in [-0.1, -0.05) is 6.07 Å². The number of piperazine rings is 1. The Morgan fingerprint density at radius 3 is 2.89 bits per heavy atom. The van der Waals surface area contributed by atoms with Gasteiger partial charge in [0, 0.05) is 19.6 Å². The van der Waals surface area contributed by atoms with E-state index >= 15 is 0 Å². The van der Waals surface area contributed by atoms with Crippen LogP contribution in [0.5, 0.6) is 11.5 Å². The Balaban J connectivity index is 1.62. The van der Waals surface area contributed by atoms with Crippen molar-refractivity contribution in [3.8, 4) is 11.5 Å². The molecule has 19 heavy (non-hydrogen) atoms. The second kappa shape index (κ2) is 5.48. The van der Waals surface area contributed by atoms with Crippen LogP contribution in [0.4, 0.5) is 0 Å². The largest absolute Gasteiger partial charge is 0.486 e. The van der Waals surface area contributed by atoms with Gasteiger partial charge in [0.15, 0.2) is 11.5 Å². The van der Waals surface area contributed by atoms with Crippen LogP contribution in [0.3, 0.4) is 0 Å². The zero-order chi connectivity index (χ0) is 13.1. The molecule has 0 spiro atoms. The second-order valence-electron chi connectivity index (χ2n) is 4.79. The predicted octanol–water partition coefficient (Wildman–Crippen LogP) is 0.432. The van der Waals surface area contributed by atoms with E-state index in [2.05, 4.69) is 5.32 Å². The number of hydrogen-bond acceptors (Lipinski definition) is 4. The molecule has 2 aliphatic rings. The topological polar surface area (TPSA) is 50.8 Å². The van der Waals surface area contributed by atoms with Crippen LogP contribution in [0, 0.1) is 0 Å². The molecule has 0 unspecified atom stereocenters. The molecule has 0 bridgehead atoms. The van der Waals surface area contributed by atoms with Crippen LogP contribution in [0.25, 0.3) is 0 Å². The quantitative estimate of drug-likeness (QED) is 0.858. The van der Waals surface area contributed by atoms with Crippen LogP contribution in [0.1, 0.15) is 5.56 Å². The molecule has 5 heteroatoms. The summed E-state index contributed by atoms with van der Waals surface area (Å²) in [7, 11) is 0. The average molecular weight is 262 g/mol. The molecule has 0 aromatic heterocycles. The minimum Gasteiger partial charge on any atom is -0.486 e. The van der Waals surface area contributed by atoms with E-state index in [-0.39, 0.29) is 5.91 Å². The number of amides is 1. The first-order valence-electron chi connectivity index (χ1n) is 6.70. The normalized spacial score (nSPS) is 18.5. The van der Waals surface area contributed by atoms with Crippen molar-refractivity contribution in [1.29, 1.82) is 0 Å². The first kappa shape index (κ1) is 12.3. The smallest absolute Gasteiger partial charge is 0.236 e. The van der Waals surface area contributed by atoms with Crippen molar-refractivity contribution in [1.82, 2.24) is 10.2 Å². The third-order valence-electron chi connectivity index (χ3n) is 3.46. The summed E-state index contributed by atoms with van der Waals surface area (Å²) in [5, 5.41) is 3.08. The van der Waals surface area contributed by atoms with Crippen LogP contribution >= 0.6 is 0 Å². The zero-order valence-electron chi connectivity index (χ0n) is 10.9. The fraction of sp³-hybridized carbons (Fsp3) is 0.500. The highest BCUT2D eigenvalue weighted by Crippen LogP contribution is 2.30. The first-order valence-corrected chi connectivity index (χ1v) is 6.70. The van der Waals surface area contributed by atoms with Crippen molar-refractivity contribution < 1.29 is 14.3 Å². The van der Waals surface area contributed by atoms with Gasteiger partial charge in [-0.15, -0.1) is 0 Å². The van der Waals surface area contributed by atoms with Gasteiger partial charge in [0.25, 0.3) is 0 Å². The number of nitrogens with zero attached hydrogens (tertiary/aromatic N) is 1. The molecular weight excluding hydrogens is 244 g/mol. The maximum Gasteiger partial charge on any atom is 0.236 e. The standard InChI is InChI=1S/C14H18N2O3/c17-14-10-15-4-6-16(14)5-3-11-1-2-12-13(9-11)19-8-7-18-12/h1-2,9,15H,3-8,10H2. The maximum absolute atomic E-state index is 11.7. The van der Waals surface area contributed by atoms with E-state index in [4.69, 9.17) is 9.47 Å².